The zero-order valence-corrected chi connectivity index (χ0v) is 13.1. The van der Waals surface area contributed by atoms with E-state index in [0.29, 0.717) is 31.1 Å². The Kier molecular flexibility index (Phi) is 5.33. The van der Waals surface area contributed by atoms with Crippen LogP contribution in [-0.2, 0) is 20.2 Å². The van der Waals surface area contributed by atoms with E-state index in [9.17, 15) is 8.42 Å². The first kappa shape index (κ1) is 15.9. The topological polar surface area (TPSA) is 74.1 Å². The molecule has 8 heteroatoms. The van der Waals surface area contributed by atoms with Crippen molar-refractivity contribution in [3.05, 3.63) is 36.2 Å². The van der Waals surface area contributed by atoms with E-state index >= 15 is 0 Å². The van der Waals surface area contributed by atoms with Gasteiger partial charge in [-0.3, -0.25) is 4.57 Å². The summed E-state index contributed by atoms with van der Waals surface area (Å²) in [7, 11) is 1.45. The van der Waals surface area contributed by atoms with Crippen molar-refractivity contribution < 1.29 is 13.2 Å². The number of rotatable bonds is 7. The monoisotopic (exact) mass is 329 g/mol. The fourth-order valence-corrected chi connectivity index (χ4v) is 2.73. The highest BCUT2D eigenvalue weighted by atomic mass is 35.7. The highest BCUT2D eigenvalue weighted by molar-refractivity contribution is 8.13. The number of nitrogens with zero attached hydrogens (tertiary/aromatic N) is 3. The molecule has 0 unspecified atom stereocenters. The van der Waals surface area contributed by atoms with Crippen LogP contribution in [0.2, 0.25) is 0 Å². The largest absolute Gasteiger partial charge is 0.381 e. The van der Waals surface area contributed by atoms with E-state index in [0.717, 1.165) is 6.42 Å². The van der Waals surface area contributed by atoms with Gasteiger partial charge in [-0.2, -0.15) is 0 Å². The molecule has 0 aliphatic carbocycles. The van der Waals surface area contributed by atoms with Crippen LogP contribution >= 0.6 is 10.7 Å². The average Bonchev–Trinajstić information content (AvgIpc) is 2.88. The molecule has 0 atom stereocenters. The Morgan fingerprint density at radius 1 is 1.19 bits per heavy atom. The molecule has 114 valence electrons. The van der Waals surface area contributed by atoms with E-state index in [2.05, 4.69) is 10.2 Å². The maximum atomic E-state index is 11.6. The van der Waals surface area contributed by atoms with Gasteiger partial charge in [-0.25, -0.2) is 8.42 Å². The quantitative estimate of drug-likeness (QED) is 0.575. The van der Waals surface area contributed by atoms with Crippen LogP contribution in [0.3, 0.4) is 0 Å². The van der Waals surface area contributed by atoms with E-state index in [1.54, 1.807) is 24.3 Å². The molecule has 6 nitrogen and oxygen atoms in total. The van der Waals surface area contributed by atoms with Crippen molar-refractivity contribution >= 4 is 19.7 Å². The third kappa shape index (κ3) is 4.03. The van der Waals surface area contributed by atoms with Crippen molar-refractivity contribution in [1.82, 2.24) is 14.8 Å². The molecule has 21 heavy (non-hydrogen) atoms. The van der Waals surface area contributed by atoms with Crippen LogP contribution in [0, 0.1) is 0 Å². The number of halogens is 1. The van der Waals surface area contributed by atoms with Crippen molar-refractivity contribution in [1.29, 1.82) is 0 Å². The van der Waals surface area contributed by atoms with E-state index < -0.39 is 9.05 Å². The fourth-order valence-electron chi connectivity index (χ4n) is 1.87. The van der Waals surface area contributed by atoms with E-state index in [-0.39, 0.29) is 5.16 Å². The minimum atomic E-state index is -3.98. The Labute approximate surface area is 128 Å². The van der Waals surface area contributed by atoms with Crippen LogP contribution in [0.4, 0.5) is 0 Å². The second-order valence-corrected chi connectivity index (χ2v) is 6.83. The summed E-state index contributed by atoms with van der Waals surface area (Å²) >= 11 is 0. The van der Waals surface area contributed by atoms with E-state index in [4.69, 9.17) is 15.4 Å². The SMILES string of the molecule is CCCOCCc1nnc(S(=O)(=O)Cl)n1-c1ccccc1. The van der Waals surface area contributed by atoms with Crippen LogP contribution in [0.15, 0.2) is 35.5 Å². The molecular weight excluding hydrogens is 314 g/mol. The van der Waals surface area contributed by atoms with Crippen molar-refractivity contribution in [2.75, 3.05) is 13.2 Å². The number of hydrogen-bond acceptors (Lipinski definition) is 5. The van der Waals surface area contributed by atoms with Crippen LogP contribution in [0.5, 0.6) is 0 Å². The third-order valence-corrected chi connectivity index (χ3v) is 3.87. The molecular formula is C13H16ClN3O3S. The number of benzene rings is 1. The van der Waals surface area contributed by atoms with Gasteiger partial charge in [0, 0.05) is 29.4 Å². The lowest BCUT2D eigenvalue weighted by Gasteiger charge is -2.09. The first-order chi connectivity index (χ1) is 10.0. The predicted octanol–water partition coefficient (Wildman–Crippen LogP) is 2.16. The van der Waals surface area contributed by atoms with Crippen molar-refractivity contribution in [2.24, 2.45) is 0 Å². The summed E-state index contributed by atoms with van der Waals surface area (Å²) in [5.74, 6) is 0.497. The van der Waals surface area contributed by atoms with Crippen LogP contribution in [-0.4, -0.2) is 36.4 Å². The fraction of sp³-hybridized carbons (Fsp3) is 0.385. The lowest BCUT2D eigenvalue weighted by Crippen LogP contribution is -2.10. The summed E-state index contributed by atoms with van der Waals surface area (Å²) in [6.07, 6.45) is 1.38. The molecule has 0 saturated carbocycles. The summed E-state index contributed by atoms with van der Waals surface area (Å²) in [4.78, 5) is 0. The van der Waals surface area contributed by atoms with Gasteiger partial charge in [-0.15, -0.1) is 10.2 Å². The summed E-state index contributed by atoms with van der Waals surface area (Å²) in [5, 5.41) is 7.35. The number of hydrogen-bond donors (Lipinski definition) is 0. The Hall–Kier alpha value is -1.44. The maximum absolute atomic E-state index is 11.6. The van der Waals surface area contributed by atoms with Gasteiger partial charge in [-0.1, -0.05) is 25.1 Å². The third-order valence-electron chi connectivity index (χ3n) is 2.75. The zero-order chi connectivity index (χ0) is 15.3. The molecule has 0 spiro atoms. The summed E-state index contributed by atoms with van der Waals surface area (Å²) in [6.45, 7) is 3.12. The van der Waals surface area contributed by atoms with Crippen LogP contribution in [0.1, 0.15) is 19.2 Å². The molecule has 0 N–H and O–H groups in total. The Morgan fingerprint density at radius 2 is 1.90 bits per heavy atom. The second kappa shape index (κ2) is 7.02. The van der Waals surface area contributed by atoms with Gasteiger partial charge in [0.25, 0.3) is 14.2 Å². The van der Waals surface area contributed by atoms with Crippen LogP contribution < -0.4 is 0 Å². The Morgan fingerprint density at radius 3 is 2.52 bits per heavy atom. The highest BCUT2D eigenvalue weighted by Gasteiger charge is 2.23. The van der Waals surface area contributed by atoms with Gasteiger partial charge in [0.2, 0.25) is 0 Å². The molecule has 0 aliphatic rings. The molecule has 0 amide bonds. The number of aromatic nitrogens is 3. The molecule has 0 aliphatic heterocycles. The molecule has 2 rings (SSSR count). The lowest BCUT2D eigenvalue weighted by molar-refractivity contribution is 0.136. The number of para-hydroxylation sites is 1. The maximum Gasteiger partial charge on any atom is 0.297 e. The first-order valence-corrected chi connectivity index (χ1v) is 8.87. The highest BCUT2D eigenvalue weighted by Crippen LogP contribution is 2.20. The Balaban J connectivity index is 2.36. The van der Waals surface area contributed by atoms with Gasteiger partial charge < -0.3 is 4.74 Å². The van der Waals surface area contributed by atoms with Crippen molar-refractivity contribution in [3.63, 3.8) is 0 Å². The van der Waals surface area contributed by atoms with Gasteiger partial charge in [0.05, 0.1) is 6.61 Å². The van der Waals surface area contributed by atoms with Gasteiger partial charge in [-0.05, 0) is 18.6 Å². The zero-order valence-electron chi connectivity index (χ0n) is 11.6. The smallest absolute Gasteiger partial charge is 0.297 e. The van der Waals surface area contributed by atoms with Crippen molar-refractivity contribution in [3.8, 4) is 5.69 Å². The second-order valence-electron chi connectivity index (χ2n) is 4.37. The lowest BCUT2D eigenvalue weighted by atomic mass is 10.3. The predicted molar refractivity (Wildman–Crippen MR) is 79.2 cm³/mol. The minimum absolute atomic E-state index is 0.277. The van der Waals surface area contributed by atoms with E-state index in [1.807, 2.05) is 13.0 Å². The van der Waals surface area contributed by atoms with E-state index in [1.165, 1.54) is 4.57 Å². The molecule has 0 radical (unpaired) electrons. The average molecular weight is 330 g/mol. The molecule has 0 fully saturated rings. The molecule has 0 saturated heterocycles. The van der Waals surface area contributed by atoms with Gasteiger partial charge >= 0.3 is 0 Å². The normalized spacial score (nSPS) is 11.7. The molecule has 1 heterocycles. The summed E-state index contributed by atoms with van der Waals surface area (Å²) in [6, 6.07) is 8.98. The first-order valence-electron chi connectivity index (χ1n) is 6.56. The van der Waals surface area contributed by atoms with Gasteiger partial charge in [0.15, 0.2) is 0 Å². The van der Waals surface area contributed by atoms with Gasteiger partial charge in [0.1, 0.15) is 5.82 Å². The molecule has 1 aromatic heterocycles. The Bertz CT molecular complexity index is 686. The van der Waals surface area contributed by atoms with Crippen LogP contribution in [0.25, 0.3) is 5.69 Å². The number of ether oxygens (including phenoxy) is 1. The molecule has 2 aromatic rings. The summed E-state index contributed by atoms with van der Waals surface area (Å²) < 4.78 is 30.1. The molecule has 1 aromatic carbocycles. The standard InChI is InChI=1S/C13H16ClN3O3S/c1-2-9-20-10-8-12-15-16-13(21(14,18)19)17(12)11-6-4-3-5-7-11/h3-7H,2,8-10H2,1H3. The van der Waals surface area contributed by atoms with Crippen molar-refractivity contribution in [2.45, 2.75) is 24.9 Å². The summed E-state index contributed by atoms with van der Waals surface area (Å²) in [5.41, 5.74) is 0.646. The minimum Gasteiger partial charge on any atom is -0.381 e. The molecule has 0 bridgehead atoms.